The molecule has 0 aliphatic carbocycles. The highest BCUT2D eigenvalue weighted by Gasteiger charge is 2.54. The molecule has 19 nitrogen and oxygen atoms in total. The van der Waals surface area contributed by atoms with Gasteiger partial charge in [-0.3, -0.25) is 4.79 Å². The third-order valence-corrected chi connectivity index (χ3v) is 19.3. The molecule has 0 saturated carbocycles. The van der Waals surface area contributed by atoms with Crippen LogP contribution in [0.15, 0.2) is 109 Å². The second kappa shape index (κ2) is 62.5. The highest BCUT2D eigenvalue weighted by Crippen LogP contribution is 2.33. The van der Waals surface area contributed by atoms with Crippen molar-refractivity contribution >= 4 is 5.91 Å². The average molecular weight is 1440 g/mol. The third-order valence-electron chi connectivity index (χ3n) is 19.3. The maximum absolute atomic E-state index is 13.4. The molecule has 102 heavy (non-hydrogen) atoms. The molecule has 0 bridgehead atoms. The monoisotopic (exact) mass is 1440 g/mol. The molecule has 3 heterocycles. The summed E-state index contributed by atoms with van der Waals surface area (Å²) in [6.45, 7) is 1.60. The molecule has 0 aromatic carbocycles. The average Bonchev–Trinajstić information content (AvgIpc) is 0.755. The van der Waals surface area contributed by atoms with Crippen molar-refractivity contribution in [2.75, 3.05) is 26.4 Å². The van der Waals surface area contributed by atoms with Crippen LogP contribution in [-0.2, 0) is 33.2 Å². The van der Waals surface area contributed by atoms with Gasteiger partial charge in [-0.2, -0.15) is 0 Å². The lowest BCUT2D eigenvalue weighted by Crippen LogP contribution is -2.66. The predicted molar refractivity (Wildman–Crippen MR) is 406 cm³/mol. The van der Waals surface area contributed by atoms with Gasteiger partial charge in [-0.1, -0.05) is 290 Å². The summed E-state index contributed by atoms with van der Waals surface area (Å²) in [6, 6.07) is -0.994. The van der Waals surface area contributed by atoms with Crippen molar-refractivity contribution in [1.29, 1.82) is 0 Å². The van der Waals surface area contributed by atoms with Crippen LogP contribution in [0, 0.1) is 0 Å². The van der Waals surface area contributed by atoms with Gasteiger partial charge in [0.15, 0.2) is 18.9 Å². The van der Waals surface area contributed by atoms with E-state index in [4.69, 9.17) is 28.4 Å². The summed E-state index contributed by atoms with van der Waals surface area (Å²) in [5, 5.41) is 121. The molecular weight excluding hydrogens is 1300 g/mol. The van der Waals surface area contributed by atoms with Crippen LogP contribution < -0.4 is 5.32 Å². The first-order chi connectivity index (χ1) is 49.8. The van der Waals surface area contributed by atoms with Gasteiger partial charge in [0.25, 0.3) is 0 Å². The SMILES string of the molecule is CC/C=C\C/C=C\C/C=C\C/C=C\C/C=C\C/C=C\C/C=C\CCCCCCCCCCCCCCCCCCCCCC(=O)NC(COC1OC(CO)C(OC2OC(CO)C(OC3OC(CO)C(O)C(O)C3O)C(O)C2O)C(O)C1O)C(O)/C=C/CC/C=C/CCCCCCCCCCCC. The smallest absolute Gasteiger partial charge is 0.220 e. The van der Waals surface area contributed by atoms with E-state index >= 15 is 0 Å². The van der Waals surface area contributed by atoms with Crippen LogP contribution in [0.4, 0.5) is 0 Å². The predicted octanol–water partition coefficient (Wildman–Crippen LogP) is 13.3. The van der Waals surface area contributed by atoms with Crippen LogP contribution in [0.2, 0.25) is 0 Å². The van der Waals surface area contributed by atoms with Crippen LogP contribution >= 0.6 is 0 Å². The van der Waals surface area contributed by atoms with Crippen molar-refractivity contribution in [3.05, 3.63) is 109 Å². The number of hydrogen-bond acceptors (Lipinski definition) is 18. The maximum atomic E-state index is 13.4. The largest absolute Gasteiger partial charge is 0.394 e. The second-order valence-electron chi connectivity index (χ2n) is 28.1. The molecule has 12 N–H and O–H groups in total. The fourth-order valence-corrected chi connectivity index (χ4v) is 12.9. The first kappa shape index (κ1) is 92.7. The zero-order valence-corrected chi connectivity index (χ0v) is 62.8. The van der Waals surface area contributed by atoms with Gasteiger partial charge >= 0.3 is 0 Å². The number of unbranched alkanes of at least 4 members (excludes halogenated alkanes) is 30. The maximum Gasteiger partial charge on any atom is 0.220 e. The Kier molecular flexibility index (Phi) is 56.8. The summed E-state index contributed by atoms with van der Waals surface area (Å²) in [6.07, 6.45) is 59.5. The Morgan fingerprint density at radius 3 is 1.10 bits per heavy atom. The lowest BCUT2D eigenvalue weighted by molar-refractivity contribution is -0.379. The van der Waals surface area contributed by atoms with E-state index in [1.165, 1.54) is 161 Å². The number of allylic oxidation sites excluding steroid dienone is 17. The zero-order valence-electron chi connectivity index (χ0n) is 62.8. The van der Waals surface area contributed by atoms with Gasteiger partial charge in [0.1, 0.15) is 73.2 Å². The normalized spacial score (nSPS) is 26.8. The Hall–Kier alpha value is -3.55. The molecule has 3 rings (SSSR count). The van der Waals surface area contributed by atoms with Gasteiger partial charge < -0.3 is 89.9 Å². The summed E-state index contributed by atoms with van der Waals surface area (Å²) >= 11 is 0. The number of carbonyl (C=O) groups excluding carboxylic acids is 1. The highest BCUT2D eigenvalue weighted by atomic mass is 16.8. The minimum Gasteiger partial charge on any atom is -0.394 e. The Morgan fingerprint density at radius 1 is 0.363 bits per heavy atom. The Labute approximate surface area is 615 Å². The minimum atomic E-state index is -1.98. The Balaban J connectivity index is 1.30. The van der Waals surface area contributed by atoms with Crippen LogP contribution in [0.5, 0.6) is 0 Å². The fraction of sp³-hybridized carbons (Fsp3) is 0.771. The molecule has 17 atom stereocenters. The van der Waals surface area contributed by atoms with E-state index in [2.05, 4.69) is 116 Å². The Bertz CT molecular complexity index is 2270. The molecule has 0 spiro atoms. The number of hydrogen-bond donors (Lipinski definition) is 12. The van der Waals surface area contributed by atoms with Crippen molar-refractivity contribution in [2.45, 2.75) is 381 Å². The third kappa shape index (κ3) is 42.1. The molecule has 1 amide bonds. The number of nitrogens with one attached hydrogen (secondary N) is 1. The number of amides is 1. The zero-order chi connectivity index (χ0) is 73.9. The van der Waals surface area contributed by atoms with Crippen molar-refractivity contribution in [3.63, 3.8) is 0 Å². The van der Waals surface area contributed by atoms with E-state index in [0.29, 0.717) is 12.8 Å². The fourth-order valence-electron chi connectivity index (χ4n) is 12.9. The van der Waals surface area contributed by atoms with Gasteiger partial charge in [0, 0.05) is 6.42 Å². The molecule has 3 saturated heterocycles. The lowest BCUT2D eigenvalue weighted by atomic mass is 9.96. The number of ether oxygens (including phenoxy) is 6. The van der Waals surface area contributed by atoms with Crippen molar-refractivity contribution in [3.8, 4) is 0 Å². The molecule has 17 unspecified atom stereocenters. The van der Waals surface area contributed by atoms with Crippen LogP contribution in [-0.4, -0.2) is 193 Å². The van der Waals surface area contributed by atoms with E-state index in [9.17, 15) is 61.0 Å². The van der Waals surface area contributed by atoms with Gasteiger partial charge in [-0.15, -0.1) is 0 Å². The highest BCUT2D eigenvalue weighted by molar-refractivity contribution is 5.76. The Morgan fingerprint density at radius 2 is 0.686 bits per heavy atom. The number of aliphatic hydroxyl groups is 11. The molecule has 0 aromatic heterocycles. The van der Waals surface area contributed by atoms with Crippen LogP contribution in [0.25, 0.3) is 0 Å². The van der Waals surface area contributed by atoms with Crippen LogP contribution in [0.1, 0.15) is 277 Å². The summed E-state index contributed by atoms with van der Waals surface area (Å²) in [7, 11) is 0. The van der Waals surface area contributed by atoms with E-state index in [-0.39, 0.29) is 18.9 Å². The topological polar surface area (TPSA) is 307 Å². The van der Waals surface area contributed by atoms with Crippen molar-refractivity contribution in [1.82, 2.24) is 5.32 Å². The minimum absolute atomic E-state index is 0.233. The van der Waals surface area contributed by atoms with E-state index < -0.39 is 124 Å². The lowest BCUT2D eigenvalue weighted by Gasteiger charge is -2.48. The summed E-state index contributed by atoms with van der Waals surface area (Å²) in [5.74, 6) is -0.285. The number of rotatable bonds is 62. The summed E-state index contributed by atoms with van der Waals surface area (Å²) < 4.78 is 34.4. The standard InChI is InChI=1S/C83H143NO18/c1-3-5-7-9-11-13-15-17-19-21-22-23-24-25-26-27-28-29-30-31-32-33-34-35-36-37-38-39-40-41-42-43-44-45-47-49-51-53-55-57-59-61-71(89)84-66(67(88)60-58-56-54-52-50-48-46-20-18-16-14-12-10-8-6-4-2)65-97-81-77(95)74(92)79(69(63-86)99-81)102-83-78(96)75(93)80(70(64-87)100-83)101-82-76(94)73(91)72(90)68(62-85)98-82/h5,7,11,13,17,19,22-23,25-26,28-29,31-32,50,52,58,60,66-70,72-83,85-88,90-96H,3-4,6,8-10,12,14-16,18,20-21,24,27,30,33-49,51,53-57,59,61-65H2,1-2H3,(H,84,89)/b7-5-,13-11-,19-17-,23-22-,26-25-,29-28-,32-31-,52-50+,60-58+. The molecule has 19 heteroatoms. The summed E-state index contributed by atoms with van der Waals surface area (Å²) in [4.78, 5) is 13.4. The van der Waals surface area contributed by atoms with Crippen LogP contribution in [0.3, 0.4) is 0 Å². The molecule has 3 aliphatic heterocycles. The molecule has 3 aliphatic rings. The van der Waals surface area contributed by atoms with E-state index in [1.54, 1.807) is 6.08 Å². The van der Waals surface area contributed by atoms with E-state index in [0.717, 1.165) is 83.5 Å². The second-order valence-corrected chi connectivity index (χ2v) is 28.1. The number of carbonyl (C=O) groups is 1. The number of aliphatic hydroxyl groups excluding tert-OH is 11. The first-order valence-corrected chi connectivity index (χ1v) is 40.1. The molecule has 3 fully saturated rings. The molecule has 0 radical (unpaired) electrons. The first-order valence-electron chi connectivity index (χ1n) is 40.1. The van der Waals surface area contributed by atoms with Crippen molar-refractivity contribution in [2.24, 2.45) is 0 Å². The summed E-state index contributed by atoms with van der Waals surface area (Å²) in [5.41, 5.74) is 0. The van der Waals surface area contributed by atoms with E-state index in [1.807, 2.05) is 6.08 Å². The molecule has 588 valence electrons. The van der Waals surface area contributed by atoms with Gasteiger partial charge in [0.05, 0.1) is 38.6 Å². The molecule has 0 aromatic rings. The van der Waals surface area contributed by atoms with Gasteiger partial charge in [-0.25, -0.2) is 0 Å². The molecular formula is C83H143NO18. The van der Waals surface area contributed by atoms with Gasteiger partial charge in [-0.05, 0) is 89.9 Å². The quantitative estimate of drug-likeness (QED) is 0.0199. The van der Waals surface area contributed by atoms with Gasteiger partial charge in [0.2, 0.25) is 5.91 Å². The van der Waals surface area contributed by atoms with Crippen molar-refractivity contribution < 1.29 is 89.4 Å².